The molecule has 1 saturated heterocycles. The highest BCUT2D eigenvalue weighted by Crippen LogP contribution is 2.29. The number of carbonyl (C=O) groups excluding carboxylic acids is 1. The molecule has 0 aromatic heterocycles. The SMILES string of the molecule is COc1ccc(C(=O)Nc2ccc(N3CCOCC3)cc2)cc1S(=O)(=O)N(C)Cc1ccccc1. The average Bonchev–Trinajstić information content (AvgIpc) is 2.89. The van der Waals surface area contributed by atoms with Gasteiger partial charge in [-0.2, -0.15) is 4.31 Å². The second kappa shape index (κ2) is 10.9. The maximum Gasteiger partial charge on any atom is 0.255 e. The lowest BCUT2D eigenvalue weighted by molar-refractivity contribution is 0.102. The lowest BCUT2D eigenvalue weighted by atomic mass is 10.2. The molecular formula is C26H29N3O5S. The maximum atomic E-state index is 13.3. The topological polar surface area (TPSA) is 88.2 Å². The van der Waals surface area contributed by atoms with E-state index in [2.05, 4.69) is 10.2 Å². The molecule has 35 heavy (non-hydrogen) atoms. The van der Waals surface area contributed by atoms with Gasteiger partial charge in [0.1, 0.15) is 10.6 Å². The van der Waals surface area contributed by atoms with Crippen LogP contribution in [0.2, 0.25) is 0 Å². The van der Waals surface area contributed by atoms with Crippen LogP contribution in [0.25, 0.3) is 0 Å². The first-order chi connectivity index (χ1) is 16.9. The number of sulfonamides is 1. The summed E-state index contributed by atoms with van der Waals surface area (Å²) in [6.07, 6.45) is 0. The zero-order chi connectivity index (χ0) is 24.8. The summed E-state index contributed by atoms with van der Waals surface area (Å²) in [7, 11) is -1.01. The molecule has 0 bridgehead atoms. The highest BCUT2D eigenvalue weighted by atomic mass is 32.2. The first-order valence-corrected chi connectivity index (χ1v) is 12.7. The standard InChI is InChI=1S/C26H29N3O5S/c1-28(19-20-6-4-3-5-7-20)35(31,32)25-18-21(8-13-24(25)33-2)26(30)27-22-9-11-23(12-10-22)29-14-16-34-17-15-29/h3-13,18H,14-17,19H2,1-2H3,(H,27,30). The second-order valence-corrected chi connectivity index (χ2v) is 10.2. The summed E-state index contributed by atoms with van der Waals surface area (Å²) >= 11 is 0. The number of rotatable bonds is 8. The molecule has 4 rings (SSSR count). The molecule has 1 aliphatic heterocycles. The Balaban J connectivity index is 1.52. The van der Waals surface area contributed by atoms with Gasteiger partial charge in [0.2, 0.25) is 10.0 Å². The molecule has 1 N–H and O–H groups in total. The largest absolute Gasteiger partial charge is 0.495 e. The van der Waals surface area contributed by atoms with E-state index in [1.807, 2.05) is 54.6 Å². The highest BCUT2D eigenvalue weighted by Gasteiger charge is 2.26. The van der Waals surface area contributed by atoms with Gasteiger partial charge in [0.15, 0.2) is 0 Å². The van der Waals surface area contributed by atoms with Crippen LogP contribution < -0.4 is 15.0 Å². The summed E-state index contributed by atoms with van der Waals surface area (Å²) in [5.74, 6) is -0.231. The van der Waals surface area contributed by atoms with Crippen molar-refractivity contribution in [2.45, 2.75) is 11.4 Å². The van der Waals surface area contributed by atoms with Gasteiger partial charge in [-0.1, -0.05) is 30.3 Å². The fourth-order valence-electron chi connectivity index (χ4n) is 3.89. The Morgan fingerprint density at radius 3 is 2.37 bits per heavy atom. The summed E-state index contributed by atoms with van der Waals surface area (Å²) in [4.78, 5) is 15.1. The lowest BCUT2D eigenvalue weighted by Gasteiger charge is -2.28. The van der Waals surface area contributed by atoms with Gasteiger partial charge in [0.25, 0.3) is 5.91 Å². The highest BCUT2D eigenvalue weighted by molar-refractivity contribution is 7.89. The predicted molar refractivity (Wildman–Crippen MR) is 136 cm³/mol. The Kier molecular flexibility index (Phi) is 7.70. The fourth-order valence-corrected chi connectivity index (χ4v) is 5.23. The van der Waals surface area contributed by atoms with E-state index in [1.54, 1.807) is 6.07 Å². The van der Waals surface area contributed by atoms with Gasteiger partial charge >= 0.3 is 0 Å². The molecule has 3 aromatic carbocycles. The number of nitrogens with one attached hydrogen (secondary N) is 1. The molecule has 1 aliphatic rings. The van der Waals surface area contributed by atoms with Gasteiger partial charge in [-0.25, -0.2) is 8.42 Å². The van der Waals surface area contributed by atoms with Crippen molar-refractivity contribution in [1.29, 1.82) is 0 Å². The Labute approximate surface area is 206 Å². The molecule has 0 saturated carbocycles. The average molecular weight is 496 g/mol. The quantitative estimate of drug-likeness (QED) is 0.514. The van der Waals surface area contributed by atoms with Crippen molar-refractivity contribution in [1.82, 2.24) is 4.31 Å². The Morgan fingerprint density at radius 1 is 1.03 bits per heavy atom. The zero-order valence-electron chi connectivity index (χ0n) is 19.8. The zero-order valence-corrected chi connectivity index (χ0v) is 20.6. The summed E-state index contributed by atoms with van der Waals surface area (Å²) in [5, 5.41) is 2.84. The van der Waals surface area contributed by atoms with E-state index in [4.69, 9.17) is 9.47 Å². The summed E-state index contributed by atoms with van der Waals surface area (Å²) in [5.41, 5.74) is 2.75. The van der Waals surface area contributed by atoms with E-state index < -0.39 is 15.9 Å². The minimum absolute atomic E-state index is 0.0613. The van der Waals surface area contributed by atoms with Crippen LogP contribution in [-0.4, -0.2) is 59.1 Å². The van der Waals surface area contributed by atoms with E-state index in [-0.39, 0.29) is 22.8 Å². The van der Waals surface area contributed by atoms with Crippen LogP contribution in [0.3, 0.4) is 0 Å². The van der Waals surface area contributed by atoms with Gasteiger partial charge < -0.3 is 19.7 Å². The molecule has 0 unspecified atom stereocenters. The Morgan fingerprint density at radius 2 is 1.71 bits per heavy atom. The van der Waals surface area contributed by atoms with Crippen LogP contribution in [0.4, 0.5) is 11.4 Å². The van der Waals surface area contributed by atoms with E-state index in [1.165, 1.54) is 30.6 Å². The molecule has 0 spiro atoms. The van der Waals surface area contributed by atoms with Gasteiger partial charge in [-0.15, -0.1) is 0 Å². The summed E-state index contributed by atoms with van der Waals surface area (Å²) in [6, 6.07) is 21.3. The number of carbonyl (C=O) groups is 1. The number of anilines is 2. The fraction of sp³-hybridized carbons (Fsp3) is 0.269. The molecule has 184 valence electrons. The summed E-state index contributed by atoms with van der Waals surface area (Å²) in [6.45, 7) is 3.24. The summed E-state index contributed by atoms with van der Waals surface area (Å²) < 4.78 is 38.6. The minimum Gasteiger partial charge on any atom is -0.495 e. The Bertz CT molecular complexity index is 1260. The molecule has 9 heteroatoms. The van der Waals surface area contributed by atoms with E-state index in [9.17, 15) is 13.2 Å². The molecule has 1 amide bonds. The van der Waals surface area contributed by atoms with Crippen molar-refractivity contribution in [3.63, 3.8) is 0 Å². The second-order valence-electron chi connectivity index (χ2n) is 8.21. The molecule has 0 atom stereocenters. The number of amides is 1. The van der Waals surface area contributed by atoms with Crippen LogP contribution in [0.15, 0.2) is 77.7 Å². The van der Waals surface area contributed by atoms with Gasteiger partial charge in [0.05, 0.1) is 20.3 Å². The first kappa shape index (κ1) is 24.7. The first-order valence-electron chi connectivity index (χ1n) is 11.3. The molecular weight excluding hydrogens is 466 g/mol. The predicted octanol–water partition coefficient (Wildman–Crippen LogP) is 3.60. The number of ether oxygens (including phenoxy) is 2. The van der Waals surface area contributed by atoms with Crippen molar-refractivity contribution in [2.75, 3.05) is 50.7 Å². The van der Waals surface area contributed by atoms with Crippen molar-refractivity contribution in [3.05, 3.63) is 83.9 Å². The van der Waals surface area contributed by atoms with Crippen LogP contribution in [-0.2, 0) is 21.3 Å². The van der Waals surface area contributed by atoms with Gasteiger partial charge in [0, 0.05) is 43.6 Å². The monoisotopic (exact) mass is 495 g/mol. The van der Waals surface area contributed by atoms with Gasteiger partial charge in [-0.05, 0) is 48.0 Å². The van der Waals surface area contributed by atoms with E-state index in [0.717, 1.165) is 24.3 Å². The number of benzene rings is 3. The van der Waals surface area contributed by atoms with Crippen molar-refractivity contribution in [3.8, 4) is 5.75 Å². The number of hydrogen-bond donors (Lipinski definition) is 1. The van der Waals surface area contributed by atoms with Crippen LogP contribution >= 0.6 is 0 Å². The molecule has 1 fully saturated rings. The van der Waals surface area contributed by atoms with Crippen LogP contribution in [0, 0.1) is 0 Å². The number of methoxy groups -OCH3 is 1. The maximum absolute atomic E-state index is 13.3. The normalized spacial score (nSPS) is 14.1. The smallest absolute Gasteiger partial charge is 0.255 e. The lowest BCUT2D eigenvalue weighted by Crippen LogP contribution is -2.36. The molecule has 8 nitrogen and oxygen atoms in total. The van der Waals surface area contributed by atoms with Crippen molar-refractivity contribution in [2.24, 2.45) is 0 Å². The van der Waals surface area contributed by atoms with Crippen LogP contribution in [0.1, 0.15) is 15.9 Å². The molecule has 0 radical (unpaired) electrons. The molecule has 3 aromatic rings. The molecule has 0 aliphatic carbocycles. The number of hydrogen-bond acceptors (Lipinski definition) is 6. The third-order valence-corrected chi connectivity index (χ3v) is 7.69. The van der Waals surface area contributed by atoms with Gasteiger partial charge in [-0.3, -0.25) is 4.79 Å². The van der Waals surface area contributed by atoms with Crippen LogP contribution in [0.5, 0.6) is 5.75 Å². The molecule has 1 heterocycles. The minimum atomic E-state index is -3.91. The third kappa shape index (κ3) is 5.82. The van der Waals surface area contributed by atoms with Crippen molar-refractivity contribution >= 4 is 27.3 Å². The van der Waals surface area contributed by atoms with E-state index >= 15 is 0 Å². The third-order valence-electron chi connectivity index (χ3n) is 5.86. The van der Waals surface area contributed by atoms with E-state index in [0.29, 0.717) is 18.9 Å². The Hall–Kier alpha value is -3.40. The number of nitrogens with zero attached hydrogens (tertiary/aromatic N) is 2. The van der Waals surface area contributed by atoms with Crippen molar-refractivity contribution < 1.29 is 22.7 Å². The number of morpholine rings is 1.